The Morgan fingerprint density at radius 1 is 1.43 bits per heavy atom. The molecule has 1 N–H and O–H groups in total. The predicted octanol–water partition coefficient (Wildman–Crippen LogP) is 1.27. The van der Waals surface area contributed by atoms with Crippen molar-refractivity contribution in [3.63, 3.8) is 0 Å². The van der Waals surface area contributed by atoms with Gasteiger partial charge in [0, 0.05) is 32.1 Å². The van der Waals surface area contributed by atoms with Crippen LogP contribution in [0.2, 0.25) is 0 Å². The van der Waals surface area contributed by atoms with Crippen LogP contribution in [0.3, 0.4) is 0 Å². The minimum Gasteiger partial charge on any atom is -0.464 e. The van der Waals surface area contributed by atoms with E-state index in [0.29, 0.717) is 19.0 Å². The summed E-state index contributed by atoms with van der Waals surface area (Å²) in [6, 6.07) is 4.14. The number of carbonyl (C=O) groups is 1. The van der Waals surface area contributed by atoms with Crippen LogP contribution in [0.15, 0.2) is 16.5 Å². The van der Waals surface area contributed by atoms with Crippen LogP contribution in [0.25, 0.3) is 0 Å². The maximum absolute atomic E-state index is 12.2. The molecule has 0 radical (unpaired) electrons. The van der Waals surface area contributed by atoms with Crippen LogP contribution in [0, 0.1) is 5.92 Å². The van der Waals surface area contributed by atoms with E-state index in [2.05, 4.69) is 18.3 Å². The Kier molecular flexibility index (Phi) is 4.31. The topological polar surface area (TPSA) is 48.7 Å². The minimum atomic E-state index is 0.210. The highest BCUT2D eigenvalue weighted by atomic mass is 16.3. The Morgan fingerprint density at radius 3 is 2.81 bits per heavy atom. The third-order valence-corrected chi connectivity index (χ3v) is 4.46. The van der Waals surface area contributed by atoms with E-state index in [0.717, 1.165) is 43.6 Å². The van der Waals surface area contributed by atoms with E-state index >= 15 is 0 Å². The fourth-order valence-corrected chi connectivity index (χ4v) is 2.96. The summed E-state index contributed by atoms with van der Waals surface area (Å²) in [5, 5.41) is 3.26. The molecule has 21 heavy (non-hydrogen) atoms. The largest absolute Gasteiger partial charge is 0.464 e. The van der Waals surface area contributed by atoms with E-state index in [1.54, 1.807) is 0 Å². The molecule has 2 aliphatic rings. The van der Waals surface area contributed by atoms with Crippen LogP contribution in [0.4, 0.5) is 0 Å². The second-order valence-corrected chi connectivity index (χ2v) is 6.43. The van der Waals surface area contributed by atoms with E-state index in [1.165, 1.54) is 6.42 Å². The average molecular weight is 291 g/mol. The number of nitrogens with one attached hydrogen (secondary N) is 1. The quantitative estimate of drug-likeness (QED) is 0.887. The van der Waals surface area contributed by atoms with Gasteiger partial charge >= 0.3 is 0 Å². The smallest absolute Gasteiger partial charge is 0.236 e. The first kappa shape index (κ1) is 14.6. The summed E-state index contributed by atoms with van der Waals surface area (Å²) < 4.78 is 5.90. The van der Waals surface area contributed by atoms with Gasteiger partial charge in [-0.05, 0) is 31.5 Å². The molecule has 2 heterocycles. The standard InChI is InChI=1S/C16H25N3O2/c1-12-9-14(12)15-4-3-13(21-15)10-18(2)11-16(20)19-7-5-17-6-8-19/h3-4,12,14,17H,5-11H2,1-2H3. The molecule has 5 nitrogen and oxygen atoms in total. The number of nitrogens with zero attached hydrogens (tertiary/aromatic N) is 2. The van der Waals surface area contributed by atoms with Crippen LogP contribution >= 0.6 is 0 Å². The highest BCUT2D eigenvalue weighted by Crippen LogP contribution is 2.47. The lowest BCUT2D eigenvalue weighted by atomic mass is 10.3. The van der Waals surface area contributed by atoms with Gasteiger partial charge in [0.15, 0.2) is 0 Å². The molecule has 116 valence electrons. The Morgan fingerprint density at radius 2 is 2.14 bits per heavy atom. The molecule has 3 rings (SSSR count). The molecule has 1 saturated heterocycles. The zero-order valence-corrected chi connectivity index (χ0v) is 13.0. The van der Waals surface area contributed by atoms with Crippen molar-refractivity contribution < 1.29 is 9.21 Å². The zero-order chi connectivity index (χ0) is 14.8. The van der Waals surface area contributed by atoms with Crippen molar-refractivity contribution in [2.45, 2.75) is 25.8 Å². The van der Waals surface area contributed by atoms with Crippen molar-refractivity contribution >= 4 is 5.91 Å². The first-order valence-corrected chi connectivity index (χ1v) is 7.89. The van der Waals surface area contributed by atoms with E-state index in [-0.39, 0.29) is 5.91 Å². The Balaban J connectivity index is 1.48. The van der Waals surface area contributed by atoms with Gasteiger partial charge in [0.1, 0.15) is 11.5 Å². The molecule has 1 aromatic rings. The number of hydrogen-bond donors (Lipinski definition) is 1. The Labute approximate surface area is 126 Å². The predicted molar refractivity (Wildman–Crippen MR) is 81.0 cm³/mol. The fraction of sp³-hybridized carbons (Fsp3) is 0.688. The van der Waals surface area contributed by atoms with Crippen LogP contribution in [0.1, 0.15) is 30.8 Å². The first-order chi connectivity index (χ1) is 10.1. The maximum Gasteiger partial charge on any atom is 0.236 e. The van der Waals surface area contributed by atoms with Crippen LogP contribution < -0.4 is 5.32 Å². The van der Waals surface area contributed by atoms with Crippen molar-refractivity contribution in [2.75, 3.05) is 39.8 Å². The SMILES string of the molecule is CC1CC1c1ccc(CN(C)CC(=O)N2CCNCC2)o1. The van der Waals surface area contributed by atoms with Gasteiger partial charge in [-0.25, -0.2) is 0 Å². The number of carbonyl (C=O) groups excluding carboxylic acids is 1. The Hall–Kier alpha value is -1.33. The van der Waals surface area contributed by atoms with E-state index in [4.69, 9.17) is 4.42 Å². The van der Waals surface area contributed by atoms with Crippen molar-refractivity contribution in [1.29, 1.82) is 0 Å². The highest BCUT2D eigenvalue weighted by molar-refractivity contribution is 5.78. The third-order valence-electron chi connectivity index (χ3n) is 4.46. The van der Waals surface area contributed by atoms with Gasteiger partial charge in [0.2, 0.25) is 5.91 Å². The number of furan rings is 1. The normalized spacial score (nSPS) is 25.4. The summed E-state index contributed by atoms with van der Waals surface area (Å²) in [5.74, 6) is 3.66. The van der Waals surface area contributed by atoms with E-state index in [9.17, 15) is 4.79 Å². The van der Waals surface area contributed by atoms with Crippen molar-refractivity contribution in [2.24, 2.45) is 5.92 Å². The fourth-order valence-electron chi connectivity index (χ4n) is 2.96. The van der Waals surface area contributed by atoms with Gasteiger partial charge in [-0.15, -0.1) is 0 Å². The van der Waals surface area contributed by atoms with Gasteiger partial charge in [-0.3, -0.25) is 9.69 Å². The summed E-state index contributed by atoms with van der Waals surface area (Å²) in [7, 11) is 1.97. The molecule has 1 saturated carbocycles. The highest BCUT2D eigenvalue weighted by Gasteiger charge is 2.36. The van der Waals surface area contributed by atoms with Gasteiger partial charge in [0.05, 0.1) is 13.1 Å². The minimum absolute atomic E-state index is 0.210. The molecular formula is C16H25N3O2. The molecule has 0 aromatic carbocycles. The molecule has 2 unspecified atom stereocenters. The lowest BCUT2D eigenvalue weighted by molar-refractivity contribution is -0.132. The Bertz CT molecular complexity index is 493. The average Bonchev–Trinajstić information content (AvgIpc) is 3.03. The molecular weight excluding hydrogens is 266 g/mol. The molecule has 1 amide bonds. The maximum atomic E-state index is 12.2. The van der Waals surface area contributed by atoms with Gasteiger partial charge in [0.25, 0.3) is 0 Å². The molecule has 1 aromatic heterocycles. The molecule has 1 aliphatic carbocycles. The summed E-state index contributed by atoms with van der Waals surface area (Å²) >= 11 is 0. The number of amides is 1. The number of hydrogen-bond acceptors (Lipinski definition) is 4. The molecule has 1 aliphatic heterocycles. The summed E-state index contributed by atoms with van der Waals surface area (Å²) in [6.45, 7) is 6.83. The number of rotatable bonds is 5. The summed E-state index contributed by atoms with van der Waals surface area (Å²) in [6.07, 6.45) is 1.24. The number of piperazine rings is 1. The molecule has 2 atom stereocenters. The molecule has 0 spiro atoms. The van der Waals surface area contributed by atoms with Crippen molar-refractivity contribution in [1.82, 2.24) is 15.1 Å². The van der Waals surface area contributed by atoms with Crippen molar-refractivity contribution in [3.05, 3.63) is 23.7 Å². The second kappa shape index (κ2) is 6.20. The molecule has 0 bridgehead atoms. The van der Waals surface area contributed by atoms with Gasteiger partial charge in [-0.2, -0.15) is 0 Å². The summed E-state index contributed by atoms with van der Waals surface area (Å²) in [4.78, 5) is 16.2. The van der Waals surface area contributed by atoms with Crippen LogP contribution in [-0.4, -0.2) is 55.5 Å². The van der Waals surface area contributed by atoms with E-state index in [1.807, 2.05) is 22.9 Å². The van der Waals surface area contributed by atoms with E-state index < -0.39 is 0 Å². The number of likely N-dealkylation sites (N-methyl/N-ethyl adjacent to an activating group) is 1. The van der Waals surface area contributed by atoms with Crippen LogP contribution in [-0.2, 0) is 11.3 Å². The van der Waals surface area contributed by atoms with Crippen LogP contribution in [0.5, 0.6) is 0 Å². The molecule has 2 fully saturated rings. The van der Waals surface area contributed by atoms with Crippen molar-refractivity contribution in [3.8, 4) is 0 Å². The van der Waals surface area contributed by atoms with Gasteiger partial charge in [-0.1, -0.05) is 6.92 Å². The summed E-state index contributed by atoms with van der Waals surface area (Å²) in [5.41, 5.74) is 0. The first-order valence-electron chi connectivity index (χ1n) is 7.89. The molecule has 5 heteroatoms. The van der Waals surface area contributed by atoms with Gasteiger partial charge < -0.3 is 14.6 Å². The second-order valence-electron chi connectivity index (χ2n) is 6.43. The lowest BCUT2D eigenvalue weighted by Gasteiger charge is -2.29. The third kappa shape index (κ3) is 3.66. The monoisotopic (exact) mass is 291 g/mol. The lowest BCUT2D eigenvalue weighted by Crippen LogP contribution is -2.49. The zero-order valence-electron chi connectivity index (χ0n) is 13.0.